The summed E-state index contributed by atoms with van der Waals surface area (Å²) in [5, 5.41) is 0. The molecule has 18 heavy (non-hydrogen) atoms. The number of sulfonamides is 1. The van der Waals surface area contributed by atoms with Crippen LogP contribution in [0.2, 0.25) is 0 Å². The fourth-order valence-corrected chi connectivity index (χ4v) is 3.39. The summed E-state index contributed by atoms with van der Waals surface area (Å²) in [7, 11) is -2.04. The standard InChI is InChI=1S/C12H15BrFNO2S/c1-8-5-9(8)7-15(2)18(16,17)10-3-4-11(13)12(14)6-10/h3-4,6,8-9H,5,7H2,1-2H3. The summed E-state index contributed by atoms with van der Waals surface area (Å²) in [6.45, 7) is 2.60. The zero-order chi connectivity index (χ0) is 13.5. The Morgan fingerprint density at radius 2 is 2.11 bits per heavy atom. The van der Waals surface area contributed by atoms with E-state index in [2.05, 4.69) is 22.9 Å². The summed E-state index contributed by atoms with van der Waals surface area (Å²) in [6.07, 6.45) is 1.06. The normalized spacial score (nSPS) is 23.4. The van der Waals surface area contributed by atoms with Gasteiger partial charge in [-0.2, -0.15) is 0 Å². The first-order chi connectivity index (χ1) is 8.32. The lowest BCUT2D eigenvalue weighted by Gasteiger charge is -2.17. The highest BCUT2D eigenvalue weighted by molar-refractivity contribution is 9.10. The molecule has 1 aliphatic rings. The monoisotopic (exact) mass is 335 g/mol. The van der Waals surface area contributed by atoms with Crippen molar-refractivity contribution in [2.45, 2.75) is 18.2 Å². The maximum Gasteiger partial charge on any atom is 0.242 e. The van der Waals surface area contributed by atoms with E-state index in [-0.39, 0.29) is 9.37 Å². The second kappa shape index (κ2) is 4.90. The van der Waals surface area contributed by atoms with Crippen molar-refractivity contribution in [3.8, 4) is 0 Å². The Hall–Kier alpha value is -0.460. The molecule has 3 nitrogen and oxygen atoms in total. The van der Waals surface area contributed by atoms with E-state index in [1.807, 2.05) is 0 Å². The highest BCUT2D eigenvalue weighted by atomic mass is 79.9. The first-order valence-corrected chi connectivity index (χ1v) is 7.97. The average Bonchev–Trinajstić information content (AvgIpc) is 2.98. The summed E-state index contributed by atoms with van der Waals surface area (Å²) in [4.78, 5) is -0.000923. The Balaban J connectivity index is 2.21. The third-order valence-electron chi connectivity index (χ3n) is 3.37. The molecule has 0 radical (unpaired) electrons. The lowest BCUT2D eigenvalue weighted by atomic mass is 10.3. The van der Waals surface area contributed by atoms with E-state index in [1.54, 1.807) is 7.05 Å². The van der Waals surface area contributed by atoms with Crippen LogP contribution >= 0.6 is 15.9 Å². The quantitative estimate of drug-likeness (QED) is 0.848. The molecule has 1 aromatic carbocycles. The summed E-state index contributed by atoms with van der Waals surface area (Å²) < 4.78 is 39.4. The van der Waals surface area contributed by atoms with E-state index in [0.29, 0.717) is 18.4 Å². The van der Waals surface area contributed by atoms with E-state index in [0.717, 1.165) is 12.5 Å². The Kier molecular flexibility index (Phi) is 3.80. The Morgan fingerprint density at radius 3 is 2.61 bits per heavy atom. The van der Waals surface area contributed by atoms with Crippen molar-refractivity contribution in [3.63, 3.8) is 0 Å². The molecule has 0 aromatic heterocycles. The van der Waals surface area contributed by atoms with Crippen LogP contribution in [0.4, 0.5) is 4.39 Å². The van der Waals surface area contributed by atoms with Gasteiger partial charge in [0.2, 0.25) is 10.0 Å². The van der Waals surface area contributed by atoms with Crippen LogP contribution in [-0.4, -0.2) is 26.3 Å². The van der Waals surface area contributed by atoms with Crippen molar-refractivity contribution in [1.82, 2.24) is 4.31 Å². The molecule has 1 saturated carbocycles. The van der Waals surface area contributed by atoms with E-state index < -0.39 is 15.8 Å². The first-order valence-electron chi connectivity index (χ1n) is 5.73. The van der Waals surface area contributed by atoms with Crippen molar-refractivity contribution in [2.24, 2.45) is 11.8 Å². The van der Waals surface area contributed by atoms with Gasteiger partial charge in [-0.15, -0.1) is 0 Å². The lowest BCUT2D eigenvalue weighted by molar-refractivity contribution is 0.444. The van der Waals surface area contributed by atoms with E-state index >= 15 is 0 Å². The van der Waals surface area contributed by atoms with Crippen molar-refractivity contribution in [3.05, 3.63) is 28.5 Å². The van der Waals surface area contributed by atoms with Gasteiger partial charge in [0.25, 0.3) is 0 Å². The second-order valence-electron chi connectivity index (χ2n) is 4.83. The third kappa shape index (κ3) is 2.75. The Morgan fingerprint density at radius 1 is 1.50 bits per heavy atom. The average molecular weight is 336 g/mol. The van der Waals surface area contributed by atoms with Gasteiger partial charge in [-0.1, -0.05) is 6.92 Å². The van der Waals surface area contributed by atoms with Gasteiger partial charge in [0.05, 0.1) is 9.37 Å². The Bertz CT molecular complexity index is 561. The highest BCUT2D eigenvalue weighted by Crippen LogP contribution is 2.38. The van der Waals surface area contributed by atoms with Crippen LogP contribution in [0.1, 0.15) is 13.3 Å². The molecule has 2 atom stereocenters. The molecule has 1 aromatic rings. The van der Waals surface area contributed by atoms with E-state index in [9.17, 15) is 12.8 Å². The molecule has 0 N–H and O–H groups in total. The van der Waals surface area contributed by atoms with Gasteiger partial charge in [-0.05, 0) is 52.4 Å². The van der Waals surface area contributed by atoms with Gasteiger partial charge < -0.3 is 0 Å². The summed E-state index contributed by atoms with van der Waals surface area (Å²) in [5.41, 5.74) is 0. The van der Waals surface area contributed by atoms with Crippen LogP contribution in [0.15, 0.2) is 27.6 Å². The Labute approximate surface area is 115 Å². The van der Waals surface area contributed by atoms with Gasteiger partial charge in [0.15, 0.2) is 0 Å². The van der Waals surface area contributed by atoms with Crippen molar-refractivity contribution in [2.75, 3.05) is 13.6 Å². The lowest BCUT2D eigenvalue weighted by Crippen LogP contribution is -2.29. The van der Waals surface area contributed by atoms with Crippen molar-refractivity contribution in [1.29, 1.82) is 0 Å². The predicted octanol–water partition coefficient (Wildman–Crippen LogP) is 2.86. The number of halogens is 2. The van der Waals surface area contributed by atoms with Gasteiger partial charge in [-0.25, -0.2) is 17.1 Å². The summed E-state index contributed by atoms with van der Waals surface area (Å²) >= 11 is 3.01. The molecule has 0 bridgehead atoms. The number of hydrogen-bond acceptors (Lipinski definition) is 2. The highest BCUT2D eigenvalue weighted by Gasteiger charge is 2.36. The molecule has 1 fully saturated rings. The van der Waals surface area contributed by atoms with Crippen LogP contribution in [-0.2, 0) is 10.0 Å². The fraction of sp³-hybridized carbons (Fsp3) is 0.500. The van der Waals surface area contributed by atoms with Crippen molar-refractivity contribution >= 4 is 26.0 Å². The SMILES string of the molecule is CC1CC1CN(C)S(=O)(=O)c1ccc(Br)c(F)c1. The molecule has 100 valence electrons. The van der Waals surface area contributed by atoms with Crippen LogP contribution in [0.5, 0.6) is 0 Å². The second-order valence-corrected chi connectivity index (χ2v) is 7.73. The molecule has 2 rings (SSSR count). The molecule has 0 spiro atoms. The number of rotatable bonds is 4. The maximum atomic E-state index is 13.4. The van der Waals surface area contributed by atoms with Gasteiger partial charge >= 0.3 is 0 Å². The van der Waals surface area contributed by atoms with Crippen LogP contribution in [0, 0.1) is 17.7 Å². The smallest absolute Gasteiger partial charge is 0.207 e. The number of hydrogen-bond donors (Lipinski definition) is 0. The van der Waals surface area contributed by atoms with Crippen LogP contribution in [0.25, 0.3) is 0 Å². The molecular formula is C12H15BrFNO2S. The van der Waals surface area contributed by atoms with Gasteiger partial charge in [0.1, 0.15) is 5.82 Å². The maximum absolute atomic E-state index is 13.4. The van der Waals surface area contributed by atoms with E-state index in [1.165, 1.54) is 16.4 Å². The van der Waals surface area contributed by atoms with Gasteiger partial charge in [-0.3, -0.25) is 0 Å². The topological polar surface area (TPSA) is 37.4 Å². The minimum atomic E-state index is -3.58. The van der Waals surface area contributed by atoms with Crippen LogP contribution < -0.4 is 0 Å². The zero-order valence-electron chi connectivity index (χ0n) is 10.2. The van der Waals surface area contributed by atoms with E-state index in [4.69, 9.17) is 0 Å². The molecule has 6 heteroatoms. The summed E-state index contributed by atoms with van der Waals surface area (Å²) in [6, 6.07) is 3.87. The summed E-state index contributed by atoms with van der Waals surface area (Å²) in [5.74, 6) is 0.457. The minimum Gasteiger partial charge on any atom is -0.207 e. The zero-order valence-corrected chi connectivity index (χ0v) is 12.6. The minimum absolute atomic E-state index is 0.000923. The molecular weight excluding hydrogens is 321 g/mol. The molecule has 0 aliphatic heterocycles. The molecule has 1 aliphatic carbocycles. The largest absolute Gasteiger partial charge is 0.242 e. The number of nitrogens with zero attached hydrogens (tertiary/aromatic N) is 1. The van der Waals surface area contributed by atoms with Gasteiger partial charge in [0, 0.05) is 13.6 Å². The molecule has 0 heterocycles. The molecule has 0 saturated heterocycles. The molecule has 0 amide bonds. The first kappa shape index (κ1) is 14.0. The third-order valence-corrected chi connectivity index (χ3v) is 5.83. The fourth-order valence-electron chi connectivity index (χ4n) is 1.90. The van der Waals surface area contributed by atoms with Crippen molar-refractivity contribution < 1.29 is 12.8 Å². The van der Waals surface area contributed by atoms with Crippen LogP contribution in [0.3, 0.4) is 0 Å². The predicted molar refractivity (Wildman–Crippen MR) is 71.2 cm³/mol. The number of benzene rings is 1. The molecule has 2 unspecified atom stereocenters.